The number of rotatable bonds is 7. The van der Waals surface area contributed by atoms with E-state index in [0.29, 0.717) is 36.3 Å². The van der Waals surface area contributed by atoms with E-state index in [1.165, 1.54) is 6.07 Å². The molecule has 1 aliphatic rings. The molecule has 1 heterocycles. The van der Waals surface area contributed by atoms with Gasteiger partial charge in [-0.25, -0.2) is 4.79 Å². The van der Waals surface area contributed by atoms with Gasteiger partial charge in [-0.3, -0.25) is 4.79 Å². The van der Waals surface area contributed by atoms with Crippen molar-refractivity contribution in [2.24, 2.45) is 11.8 Å². The monoisotopic (exact) mass is 462 g/mol. The highest BCUT2D eigenvalue weighted by atomic mass is 16.5. The highest BCUT2D eigenvalue weighted by molar-refractivity contribution is 5.95. The van der Waals surface area contributed by atoms with Gasteiger partial charge in [0.1, 0.15) is 11.3 Å². The van der Waals surface area contributed by atoms with Gasteiger partial charge in [-0.1, -0.05) is 30.3 Å². The van der Waals surface area contributed by atoms with Gasteiger partial charge < -0.3 is 24.4 Å². The van der Waals surface area contributed by atoms with Crippen LogP contribution in [-0.2, 0) is 9.59 Å². The van der Waals surface area contributed by atoms with Crippen molar-refractivity contribution in [3.05, 3.63) is 64.5 Å². The van der Waals surface area contributed by atoms with Crippen molar-refractivity contribution in [2.75, 3.05) is 6.54 Å². The molecule has 3 aromatic rings. The first-order valence-electron chi connectivity index (χ1n) is 11.6. The van der Waals surface area contributed by atoms with E-state index in [0.717, 1.165) is 29.4 Å². The Morgan fingerprint density at radius 2 is 1.82 bits per heavy atom. The molecule has 0 radical (unpaired) electrons. The van der Waals surface area contributed by atoms with Crippen molar-refractivity contribution in [2.45, 2.75) is 45.6 Å². The third-order valence-corrected chi connectivity index (χ3v) is 6.61. The van der Waals surface area contributed by atoms with Gasteiger partial charge in [-0.05, 0) is 74.6 Å². The minimum absolute atomic E-state index is 0.249. The molecule has 0 bridgehead atoms. The minimum Gasteiger partial charge on any atom is -0.550 e. The zero-order chi connectivity index (χ0) is 24.2. The molecule has 7 nitrogen and oxygen atoms in total. The number of amides is 1. The Morgan fingerprint density at radius 3 is 2.50 bits per heavy atom. The summed E-state index contributed by atoms with van der Waals surface area (Å²) in [5.41, 5.74) is 2.31. The molecule has 0 spiro atoms. The first kappa shape index (κ1) is 23.5. The molecule has 0 unspecified atom stereocenters. The number of hydrogen-bond acceptors (Lipinski definition) is 6. The molecular weight excluding hydrogens is 434 g/mol. The number of carbonyl (C=O) groups excluding carboxylic acids is 2. The lowest BCUT2D eigenvalue weighted by atomic mass is 9.82. The van der Waals surface area contributed by atoms with E-state index < -0.39 is 17.7 Å². The lowest BCUT2D eigenvalue weighted by Gasteiger charge is -2.29. The van der Waals surface area contributed by atoms with E-state index in [9.17, 15) is 19.5 Å². The fourth-order valence-corrected chi connectivity index (χ4v) is 4.56. The van der Waals surface area contributed by atoms with Crippen LogP contribution >= 0.6 is 0 Å². The topological polar surface area (TPSA) is 109 Å². The van der Waals surface area contributed by atoms with Crippen LogP contribution in [0.4, 0.5) is 0 Å². The maximum atomic E-state index is 12.6. The Balaban J connectivity index is 1.45. The second-order valence-electron chi connectivity index (χ2n) is 8.95. The average molecular weight is 463 g/mol. The molecule has 1 aliphatic carbocycles. The summed E-state index contributed by atoms with van der Waals surface area (Å²) in [6.45, 7) is 3.95. The van der Waals surface area contributed by atoms with Gasteiger partial charge in [0.15, 0.2) is 6.10 Å². The summed E-state index contributed by atoms with van der Waals surface area (Å²) in [5, 5.41) is 14.7. The number of hydrogen-bond donors (Lipinski definition) is 1. The minimum atomic E-state index is -0.984. The second-order valence-corrected chi connectivity index (χ2v) is 8.95. The molecule has 7 heteroatoms. The predicted molar refractivity (Wildman–Crippen MR) is 126 cm³/mol. The van der Waals surface area contributed by atoms with E-state index in [1.54, 1.807) is 19.9 Å². The van der Waals surface area contributed by atoms with Gasteiger partial charge in [0.2, 0.25) is 0 Å². The van der Waals surface area contributed by atoms with Crippen molar-refractivity contribution < 1.29 is 23.8 Å². The molecule has 34 heavy (non-hydrogen) atoms. The van der Waals surface area contributed by atoms with Crippen molar-refractivity contribution >= 4 is 22.8 Å². The number of carboxylic acid groups (broad SMARTS) is 1. The summed E-state index contributed by atoms with van der Waals surface area (Å²) in [6, 6.07) is 14.7. The number of aryl methyl sites for hydroxylation is 1. The van der Waals surface area contributed by atoms with Crippen molar-refractivity contribution in [3.63, 3.8) is 0 Å². The van der Waals surface area contributed by atoms with Crippen molar-refractivity contribution in [1.82, 2.24) is 5.32 Å². The smallest absolute Gasteiger partial charge is 0.336 e. The Hall–Kier alpha value is -3.61. The van der Waals surface area contributed by atoms with Gasteiger partial charge in [-0.2, -0.15) is 0 Å². The zero-order valence-electron chi connectivity index (χ0n) is 19.3. The largest absolute Gasteiger partial charge is 0.550 e. The van der Waals surface area contributed by atoms with E-state index in [1.807, 2.05) is 36.4 Å². The summed E-state index contributed by atoms with van der Waals surface area (Å²) in [4.78, 5) is 35.9. The number of aliphatic carboxylic acids is 1. The molecule has 1 saturated carbocycles. The molecule has 0 saturated heterocycles. The molecule has 1 N–H and O–H groups in total. The van der Waals surface area contributed by atoms with Gasteiger partial charge >= 0.3 is 5.63 Å². The molecule has 0 aliphatic heterocycles. The van der Waals surface area contributed by atoms with Crippen LogP contribution < -0.4 is 20.8 Å². The van der Waals surface area contributed by atoms with E-state index in [-0.39, 0.29) is 17.7 Å². The molecule has 1 amide bonds. The summed E-state index contributed by atoms with van der Waals surface area (Å²) >= 11 is 0. The number of benzene rings is 2. The number of nitrogens with one attached hydrogen (secondary N) is 1. The van der Waals surface area contributed by atoms with Crippen LogP contribution in [0.25, 0.3) is 22.1 Å². The number of ether oxygens (including phenoxy) is 1. The van der Waals surface area contributed by atoms with Crippen molar-refractivity contribution in [1.29, 1.82) is 0 Å². The lowest BCUT2D eigenvalue weighted by molar-refractivity contribution is -0.312. The average Bonchev–Trinajstić information content (AvgIpc) is 2.84. The first-order chi connectivity index (χ1) is 16.3. The quantitative estimate of drug-likeness (QED) is 0.540. The fraction of sp³-hybridized carbons (Fsp3) is 0.370. The van der Waals surface area contributed by atoms with Gasteiger partial charge in [-0.15, -0.1) is 0 Å². The van der Waals surface area contributed by atoms with Crippen molar-refractivity contribution in [3.8, 4) is 16.9 Å². The Morgan fingerprint density at radius 1 is 1.12 bits per heavy atom. The fourth-order valence-electron chi connectivity index (χ4n) is 4.56. The summed E-state index contributed by atoms with van der Waals surface area (Å²) in [5.74, 6) is -0.895. The molecule has 1 aromatic heterocycles. The highest BCUT2D eigenvalue weighted by Crippen LogP contribution is 2.33. The molecule has 1 fully saturated rings. The molecule has 178 valence electrons. The predicted octanol–water partition coefficient (Wildman–Crippen LogP) is 3.21. The zero-order valence-corrected chi connectivity index (χ0v) is 19.3. The Labute approximate surface area is 197 Å². The van der Waals surface area contributed by atoms with Gasteiger partial charge in [0.05, 0.1) is 0 Å². The van der Waals surface area contributed by atoms with Crippen LogP contribution in [0, 0.1) is 18.8 Å². The summed E-state index contributed by atoms with van der Waals surface area (Å²) in [7, 11) is 0. The van der Waals surface area contributed by atoms with Crippen LogP contribution in [0.2, 0.25) is 0 Å². The Bertz CT molecular complexity index is 1240. The Kier molecular flexibility index (Phi) is 7.01. The summed E-state index contributed by atoms with van der Waals surface area (Å²) < 4.78 is 11.4. The molecule has 4 rings (SSSR count). The molecular formula is C27H28NO6-. The third-order valence-electron chi connectivity index (χ3n) is 6.61. The number of carbonyl (C=O) groups is 2. The van der Waals surface area contributed by atoms with Crippen LogP contribution in [0.15, 0.2) is 57.7 Å². The normalized spacial score (nSPS) is 18.9. The van der Waals surface area contributed by atoms with E-state index >= 15 is 0 Å². The van der Waals surface area contributed by atoms with Gasteiger partial charge in [0.25, 0.3) is 5.91 Å². The van der Waals surface area contributed by atoms with E-state index in [4.69, 9.17) is 9.15 Å². The maximum absolute atomic E-state index is 12.6. The number of carboxylic acids is 1. The molecule has 1 atom stereocenters. The van der Waals surface area contributed by atoms with Crippen LogP contribution in [-0.4, -0.2) is 24.5 Å². The van der Waals surface area contributed by atoms with Crippen LogP contribution in [0.1, 0.15) is 38.2 Å². The number of fused-ring (bicyclic) bond motifs is 1. The SMILES string of the molecule is Cc1c(O[C@H](C)C(=O)NCC2CCC(C(=O)[O-])CC2)ccc2c(-c3ccccc3)cc(=O)oc12. The maximum Gasteiger partial charge on any atom is 0.336 e. The lowest BCUT2D eigenvalue weighted by Crippen LogP contribution is -2.40. The highest BCUT2D eigenvalue weighted by Gasteiger charge is 2.24. The van der Waals surface area contributed by atoms with E-state index in [2.05, 4.69) is 5.32 Å². The molecule has 2 aromatic carbocycles. The second kappa shape index (κ2) is 10.1. The summed E-state index contributed by atoms with van der Waals surface area (Å²) in [6.07, 6.45) is 1.92. The standard InChI is InChI=1S/C27H29NO6/c1-16-23(33-17(2)26(30)28-15-18-8-10-20(11-9-18)27(31)32)13-12-21-22(14-24(29)34-25(16)21)19-6-4-3-5-7-19/h3-7,12-14,17-18,20H,8-11,15H2,1-2H3,(H,28,30)(H,31,32)/p-1/t17-,18?,20?/m1/s1. The van der Waals surface area contributed by atoms with Gasteiger partial charge in [0, 0.05) is 29.5 Å². The van der Waals surface area contributed by atoms with Crippen LogP contribution in [0.5, 0.6) is 5.75 Å². The first-order valence-corrected chi connectivity index (χ1v) is 11.6. The van der Waals surface area contributed by atoms with Crippen LogP contribution in [0.3, 0.4) is 0 Å². The third kappa shape index (κ3) is 5.14.